The Bertz CT molecular complexity index is 526. The van der Waals surface area contributed by atoms with Gasteiger partial charge in [0.05, 0.1) is 6.10 Å². The highest BCUT2D eigenvalue weighted by molar-refractivity contribution is 5.35. The maximum absolute atomic E-state index is 9.33. The fourth-order valence-corrected chi connectivity index (χ4v) is 1.73. The second kappa shape index (κ2) is 5.61. The van der Waals surface area contributed by atoms with E-state index in [4.69, 9.17) is 5.73 Å². The lowest BCUT2D eigenvalue weighted by atomic mass is 10.2. The van der Waals surface area contributed by atoms with Gasteiger partial charge in [-0.3, -0.25) is 0 Å². The Morgan fingerprint density at radius 3 is 2.79 bits per heavy atom. The Balaban J connectivity index is 2.18. The number of nitrogens with one attached hydrogen (secondary N) is 1. The van der Waals surface area contributed by atoms with Gasteiger partial charge in [-0.2, -0.15) is 20.1 Å². The summed E-state index contributed by atoms with van der Waals surface area (Å²) in [5, 5.41) is 16.4. The number of nitrogen functional groups attached to an aromatic ring is 1. The largest absolute Gasteiger partial charge is 0.393 e. The lowest BCUT2D eigenvalue weighted by molar-refractivity contribution is 0.179. The summed E-state index contributed by atoms with van der Waals surface area (Å²) >= 11 is 0. The van der Waals surface area contributed by atoms with Gasteiger partial charge in [-0.15, -0.1) is 0 Å². The van der Waals surface area contributed by atoms with Crippen LogP contribution in [0.1, 0.15) is 20.3 Å². The monoisotopic (exact) mass is 263 g/mol. The van der Waals surface area contributed by atoms with Crippen molar-refractivity contribution in [1.82, 2.24) is 24.7 Å². The second-order valence-electron chi connectivity index (χ2n) is 4.40. The Morgan fingerprint density at radius 1 is 1.37 bits per heavy atom. The molecule has 0 aromatic carbocycles. The molecular formula is C11H17N7O. The second-order valence-corrected chi connectivity index (χ2v) is 4.40. The van der Waals surface area contributed by atoms with Crippen LogP contribution in [0.4, 0.5) is 11.9 Å². The van der Waals surface area contributed by atoms with E-state index < -0.39 is 6.10 Å². The molecule has 2 atom stereocenters. The zero-order valence-corrected chi connectivity index (χ0v) is 10.9. The number of nitrogens with zero attached hydrogens (tertiary/aromatic N) is 5. The highest BCUT2D eigenvalue weighted by Crippen LogP contribution is 2.09. The van der Waals surface area contributed by atoms with Crippen molar-refractivity contribution < 1.29 is 5.11 Å². The number of nitrogens with two attached hydrogens (primary N) is 1. The van der Waals surface area contributed by atoms with Gasteiger partial charge in [0.15, 0.2) is 0 Å². The molecule has 2 aromatic heterocycles. The van der Waals surface area contributed by atoms with Crippen molar-refractivity contribution in [2.75, 3.05) is 11.1 Å². The number of hydrogen-bond donors (Lipinski definition) is 3. The maximum Gasteiger partial charge on any atom is 0.257 e. The van der Waals surface area contributed by atoms with Crippen LogP contribution in [-0.4, -0.2) is 42.0 Å². The van der Waals surface area contributed by atoms with E-state index in [0.29, 0.717) is 18.3 Å². The Hall–Kier alpha value is -2.22. The van der Waals surface area contributed by atoms with Crippen LogP contribution in [0.2, 0.25) is 0 Å². The number of anilines is 2. The van der Waals surface area contributed by atoms with Crippen LogP contribution < -0.4 is 11.1 Å². The molecule has 0 bridgehead atoms. The van der Waals surface area contributed by atoms with Crippen LogP contribution in [0.5, 0.6) is 0 Å². The van der Waals surface area contributed by atoms with Crippen LogP contribution in [-0.2, 0) is 0 Å². The Kier molecular flexibility index (Phi) is 3.91. The van der Waals surface area contributed by atoms with Crippen molar-refractivity contribution in [3.63, 3.8) is 0 Å². The fourth-order valence-electron chi connectivity index (χ4n) is 1.73. The van der Waals surface area contributed by atoms with Crippen molar-refractivity contribution in [3.8, 4) is 5.95 Å². The van der Waals surface area contributed by atoms with E-state index in [1.165, 1.54) is 4.68 Å². The topological polar surface area (TPSA) is 115 Å². The van der Waals surface area contributed by atoms with E-state index in [2.05, 4.69) is 25.4 Å². The predicted molar refractivity (Wildman–Crippen MR) is 70.7 cm³/mol. The Labute approximate surface area is 110 Å². The van der Waals surface area contributed by atoms with E-state index in [9.17, 15) is 5.11 Å². The van der Waals surface area contributed by atoms with Gasteiger partial charge in [0, 0.05) is 18.4 Å². The minimum Gasteiger partial charge on any atom is -0.393 e. The molecule has 2 heterocycles. The van der Waals surface area contributed by atoms with Gasteiger partial charge >= 0.3 is 0 Å². The first-order chi connectivity index (χ1) is 9.04. The van der Waals surface area contributed by atoms with Gasteiger partial charge in [0.2, 0.25) is 11.9 Å². The van der Waals surface area contributed by atoms with Crippen molar-refractivity contribution in [2.45, 2.75) is 32.4 Å². The standard InChI is InChI=1S/C11H17N7O/c1-7(6-8(2)19)14-10-15-9(12)16-11(17-10)18-5-3-4-13-18/h3-5,7-8,19H,6H2,1-2H3,(H3,12,14,15,16,17). The van der Waals surface area contributed by atoms with Gasteiger partial charge in [-0.1, -0.05) is 0 Å². The smallest absolute Gasteiger partial charge is 0.257 e. The normalized spacial score (nSPS) is 14.1. The SMILES string of the molecule is CC(O)CC(C)Nc1nc(N)nc(-n2cccn2)n1. The van der Waals surface area contributed by atoms with Gasteiger partial charge in [-0.25, -0.2) is 4.68 Å². The predicted octanol–water partition coefficient (Wildman–Crippen LogP) is 0.211. The van der Waals surface area contributed by atoms with Crippen LogP contribution in [0, 0.1) is 0 Å². The molecule has 4 N–H and O–H groups in total. The van der Waals surface area contributed by atoms with E-state index in [1.807, 2.05) is 6.92 Å². The summed E-state index contributed by atoms with van der Waals surface area (Å²) in [5.41, 5.74) is 5.65. The molecule has 8 nitrogen and oxygen atoms in total. The summed E-state index contributed by atoms with van der Waals surface area (Å²) in [6, 6.07) is 1.79. The molecule has 0 radical (unpaired) electrons. The van der Waals surface area contributed by atoms with Crippen LogP contribution >= 0.6 is 0 Å². The molecule has 8 heteroatoms. The number of rotatable bonds is 5. The van der Waals surface area contributed by atoms with Crippen LogP contribution in [0.3, 0.4) is 0 Å². The highest BCUT2D eigenvalue weighted by Gasteiger charge is 2.10. The molecule has 19 heavy (non-hydrogen) atoms. The molecular weight excluding hydrogens is 246 g/mol. The van der Waals surface area contributed by atoms with Gasteiger partial charge in [-0.05, 0) is 26.3 Å². The van der Waals surface area contributed by atoms with Gasteiger partial charge < -0.3 is 16.2 Å². The lowest BCUT2D eigenvalue weighted by Crippen LogP contribution is -2.23. The summed E-state index contributed by atoms with van der Waals surface area (Å²) in [6.45, 7) is 3.66. The van der Waals surface area contributed by atoms with Crippen molar-refractivity contribution in [2.24, 2.45) is 0 Å². The van der Waals surface area contributed by atoms with Crippen LogP contribution in [0.15, 0.2) is 18.5 Å². The van der Waals surface area contributed by atoms with Crippen molar-refractivity contribution >= 4 is 11.9 Å². The molecule has 0 amide bonds. The van der Waals surface area contributed by atoms with E-state index in [1.54, 1.807) is 25.4 Å². The summed E-state index contributed by atoms with van der Waals surface area (Å²) in [5.74, 6) is 0.836. The first kappa shape index (κ1) is 13.2. The average molecular weight is 263 g/mol. The minimum absolute atomic E-state index is 0.0206. The minimum atomic E-state index is -0.396. The molecule has 0 spiro atoms. The van der Waals surface area contributed by atoms with E-state index in [-0.39, 0.29) is 12.0 Å². The molecule has 0 aliphatic heterocycles. The van der Waals surface area contributed by atoms with E-state index >= 15 is 0 Å². The number of aliphatic hydroxyl groups is 1. The lowest BCUT2D eigenvalue weighted by Gasteiger charge is -2.15. The third-order valence-electron chi connectivity index (χ3n) is 2.42. The third-order valence-corrected chi connectivity index (χ3v) is 2.42. The molecule has 102 valence electrons. The molecule has 0 aliphatic rings. The number of hydrogen-bond acceptors (Lipinski definition) is 7. The molecule has 0 aliphatic carbocycles. The maximum atomic E-state index is 9.33. The first-order valence-electron chi connectivity index (χ1n) is 6.01. The molecule has 0 saturated heterocycles. The number of aliphatic hydroxyl groups excluding tert-OH is 1. The average Bonchev–Trinajstić information content (AvgIpc) is 2.79. The zero-order valence-electron chi connectivity index (χ0n) is 10.9. The third kappa shape index (κ3) is 3.62. The molecule has 0 fully saturated rings. The van der Waals surface area contributed by atoms with Gasteiger partial charge in [0.1, 0.15) is 0 Å². The van der Waals surface area contributed by atoms with Crippen molar-refractivity contribution in [1.29, 1.82) is 0 Å². The Morgan fingerprint density at radius 2 is 2.16 bits per heavy atom. The summed E-state index contributed by atoms with van der Waals surface area (Å²) in [6.07, 6.45) is 3.54. The summed E-state index contributed by atoms with van der Waals surface area (Å²) in [4.78, 5) is 12.3. The fraction of sp³-hybridized carbons (Fsp3) is 0.455. The molecule has 2 unspecified atom stereocenters. The van der Waals surface area contributed by atoms with Crippen molar-refractivity contribution in [3.05, 3.63) is 18.5 Å². The molecule has 2 aromatic rings. The van der Waals surface area contributed by atoms with Crippen LogP contribution in [0.25, 0.3) is 5.95 Å². The molecule has 0 saturated carbocycles. The first-order valence-corrected chi connectivity index (χ1v) is 6.01. The number of aromatic nitrogens is 5. The zero-order chi connectivity index (χ0) is 13.8. The highest BCUT2D eigenvalue weighted by atomic mass is 16.3. The summed E-state index contributed by atoms with van der Waals surface area (Å²) in [7, 11) is 0. The van der Waals surface area contributed by atoms with Gasteiger partial charge in [0.25, 0.3) is 5.95 Å². The summed E-state index contributed by atoms with van der Waals surface area (Å²) < 4.78 is 1.50. The quantitative estimate of drug-likeness (QED) is 0.706. The molecule has 2 rings (SSSR count). The van der Waals surface area contributed by atoms with E-state index in [0.717, 1.165) is 0 Å².